The van der Waals surface area contributed by atoms with Gasteiger partial charge in [-0.2, -0.15) is 0 Å². The van der Waals surface area contributed by atoms with E-state index in [0.717, 1.165) is 0 Å². The molecule has 1 rings (SSSR count). The molecule has 6 heteroatoms. The van der Waals surface area contributed by atoms with Crippen molar-refractivity contribution >= 4 is 23.5 Å². The van der Waals surface area contributed by atoms with Crippen LogP contribution in [0.4, 0.5) is 0 Å². The van der Waals surface area contributed by atoms with Crippen LogP contribution in [0.25, 0.3) is 0 Å². The normalized spacial score (nSPS) is 15.2. The summed E-state index contributed by atoms with van der Waals surface area (Å²) in [7, 11) is 0. The van der Waals surface area contributed by atoms with E-state index in [0.29, 0.717) is 5.02 Å². The number of ether oxygens (including phenoxy) is 1. The van der Waals surface area contributed by atoms with Crippen molar-refractivity contribution in [2.45, 2.75) is 31.8 Å². The maximum atomic E-state index is 12.2. The lowest BCUT2D eigenvalue weighted by Gasteiger charge is -2.28. The minimum absolute atomic E-state index is 0.0568. The van der Waals surface area contributed by atoms with Gasteiger partial charge in [-0.3, -0.25) is 9.59 Å². The van der Waals surface area contributed by atoms with E-state index in [9.17, 15) is 19.8 Å². The van der Waals surface area contributed by atoms with Gasteiger partial charge in [-0.1, -0.05) is 23.7 Å². The van der Waals surface area contributed by atoms with E-state index in [-0.39, 0.29) is 18.6 Å². The Morgan fingerprint density at radius 3 is 2.30 bits per heavy atom. The second kappa shape index (κ2) is 6.72. The van der Waals surface area contributed by atoms with Crippen LogP contribution in [-0.2, 0) is 19.7 Å². The van der Waals surface area contributed by atoms with E-state index in [2.05, 4.69) is 0 Å². The Kier molecular flexibility index (Phi) is 5.53. The summed E-state index contributed by atoms with van der Waals surface area (Å²) in [5.41, 5.74) is -1.71. The quantitative estimate of drug-likeness (QED) is 0.620. The molecule has 0 heterocycles. The standard InChI is InChI=1S/C14H17ClO5/c1-3-20-13(19)14(12(17)18,8-9(2)16)10-4-6-11(15)7-5-10/h4-7,9,16H,3,8H2,1-2H3,(H,17,18). The van der Waals surface area contributed by atoms with Crippen molar-refractivity contribution in [3.05, 3.63) is 34.9 Å². The van der Waals surface area contributed by atoms with E-state index in [1.807, 2.05) is 0 Å². The Labute approximate surface area is 122 Å². The van der Waals surface area contributed by atoms with Crippen LogP contribution in [0, 0.1) is 0 Å². The van der Waals surface area contributed by atoms with Crippen LogP contribution in [0.3, 0.4) is 0 Å². The molecule has 0 radical (unpaired) electrons. The topological polar surface area (TPSA) is 83.8 Å². The van der Waals surface area contributed by atoms with Crippen molar-refractivity contribution < 1.29 is 24.5 Å². The third-order valence-corrected chi connectivity index (χ3v) is 3.18. The number of rotatable bonds is 6. The number of aliphatic hydroxyl groups is 1. The van der Waals surface area contributed by atoms with Gasteiger partial charge in [0, 0.05) is 11.4 Å². The molecule has 110 valence electrons. The highest BCUT2D eigenvalue weighted by molar-refractivity contribution is 6.30. The van der Waals surface area contributed by atoms with E-state index in [4.69, 9.17) is 16.3 Å². The van der Waals surface area contributed by atoms with Gasteiger partial charge in [0.1, 0.15) is 0 Å². The van der Waals surface area contributed by atoms with Crippen LogP contribution >= 0.6 is 11.6 Å². The van der Waals surface area contributed by atoms with Gasteiger partial charge >= 0.3 is 11.9 Å². The molecule has 2 N–H and O–H groups in total. The van der Waals surface area contributed by atoms with Crippen molar-refractivity contribution in [3.63, 3.8) is 0 Å². The number of benzene rings is 1. The molecular weight excluding hydrogens is 284 g/mol. The maximum absolute atomic E-state index is 12.2. The first-order valence-corrected chi connectivity index (χ1v) is 6.57. The van der Waals surface area contributed by atoms with Crippen LogP contribution in [0.1, 0.15) is 25.8 Å². The number of hydrogen-bond donors (Lipinski definition) is 2. The lowest BCUT2D eigenvalue weighted by atomic mass is 9.76. The second-order valence-electron chi connectivity index (χ2n) is 4.49. The Balaban J connectivity index is 3.39. The average molecular weight is 301 g/mol. The number of esters is 1. The first kappa shape index (κ1) is 16.5. The Bertz CT molecular complexity index is 483. The van der Waals surface area contributed by atoms with E-state index in [1.165, 1.54) is 31.2 Å². The van der Waals surface area contributed by atoms with Crippen molar-refractivity contribution in [1.82, 2.24) is 0 Å². The number of carbonyl (C=O) groups excluding carboxylic acids is 1. The van der Waals surface area contributed by atoms with Crippen LogP contribution in [0.2, 0.25) is 5.02 Å². The lowest BCUT2D eigenvalue weighted by Crippen LogP contribution is -2.47. The van der Waals surface area contributed by atoms with Gasteiger partial charge in [-0.05, 0) is 31.5 Å². The van der Waals surface area contributed by atoms with Gasteiger partial charge in [0.25, 0.3) is 0 Å². The molecule has 20 heavy (non-hydrogen) atoms. The Morgan fingerprint density at radius 1 is 1.35 bits per heavy atom. The zero-order valence-corrected chi connectivity index (χ0v) is 12.1. The second-order valence-corrected chi connectivity index (χ2v) is 4.93. The molecule has 0 spiro atoms. The fourth-order valence-corrected chi connectivity index (χ4v) is 2.17. The van der Waals surface area contributed by atoms with Crippen molar-refractivity contribution in [2.75, 3.05) is 6.61 Å². The number of carboxylic acids is 1. The third kappa shape index (κ3) is 3.29. The number of hydrogen-bond acceptors (Lipinski definition) is 4. The summed E-state index contributed by atoms with van der Waals surface area (Å²) in [6.45, 7) is 3.07. The largest absolute Gasteiger partial charge is 0.480 e. The van der Waals surface area contributed by atoms with Gasteiger partial charge in [-0.25, -0.2) is 0 Å². The monoisotopic (exact) mass is 300 g/mol. The number of aliphatic carboxylic acids is 1. The molecule has 2 atom stereocenters. The van der Waals surface area contributed by atoms with Gasteiger partial charge in [0.2, 0.25) is 0 Å². The number of aliphatic hydroxyl groups excluding tert-OH is 1. The summed E-state index contributed by atoms with van der Waals surface area (Å²) in [6, 6.07) is 5.90. The maximum Gasteiger partial charge on any atom is 0.328 e. The summed E-state index contributed by atoms with van der Waals surface area (Å²) < 4.78 is 4.89. The summed E-state index contributed by atoms with van der Waals surface area (Å²) in [5.74, 6) is -2.25. The highest BCUT2D eigenvalue weighted by Gasteiger charge is 2.50. The summed E-state index contributed by atoms with van der Waals surface area (Å²) in [4.78, 5) is 23.9. The predicted molar refractivity (Wildman–Crippen MR) is 73.7 cm³/mol. The fourth-order valence-electron chi connectivity index (χ4n) is 2.05. The van der Waals surface area contributed by atoms with Crippen LogP contribution in [0.15, 0.2) is 24.3 Å². The Morgan fingerprint density at radius 2 is 1.90 bits per heavy atom. The van der Waals surface area contributed by atoms with Crippen LogP contribution in [0.5, 0.6) is 0 Å². The van der Waals surface area contributed by atoms with Crippen LogP contribution in [-0.4, -0.2) is 34.9 Å². The van der Waals surface area contributed by atoms with Crippen molar-refractivity contribution in [3.8, 4) is 0 Å². The fraction of sp³-hybridized carbons (Fsp3) is 0.429. The molecule has 0 aliphatic carbocycles. The van der Waals surface area contributed by atoms with E-state index < -0.39 is 23.5 Å². The molecule has 1 aromatic carbocycles. The molecule has 0 fully saturated rings. The minimum atomic E-state index is -1.94. The lowest BCUT2D eigenvalue weighted by molar-refractivity contribution is -0.163. The summed E-state index contributed by atoms with van der Waals surface area (Å²) >= 11 is 5.77. The van der Waals surface area contributed by atoms with Gasteiger partial charge < -0.3 is 14.9 Å². The molecule has 0 aliphatic rings. The van der Waals surface area contributed by atoms with Gasteiger partial charge in [-0.15, -0.1) is 0 Å². The van der Waals surface area contributed by atoms with E-state index >= 15 is 0 Å². The minimum Gasteiger partial charge on any atom is -0.480 e. The predicted octanol–water partition coefficient (Wildman–Crippen LogP) is 2.00. The smallest absolute Gasteiger partial charge is 0.328 e. The SMILES string of the molecule is CCOC(=O)C(CC(C)O)(C(=O)O)c1ccc(Cl)cc1. The van der Waals surface area contributed by atoms with Crippen LogP contribution < -0.4 is 0 Å². The molecule has 0 amide bonds. The van der Waals surface area contributed by atoms with Gasteiger partial charge in [0.05, 0.1) is 12.7 Å². The highest BCUT2D eigenvalue weighted by Crippen LogP contribution is 2.32. The summed E-state index contributed by atoms with van der Waals surface area (Å²) in [5, 5.41) is 19.5. The zero-order chi connectivity index (χ0) is 15.3. The Hall–Kier alpha value is -1.59. The molecule has 5 nitrogen and oxygen atoms in total. The first-order valence-electron chi connectivity index (χ1n) is 6.19. The number of halogens is 1. The molecule has 0 aromatic heterocycles. The molecule has 0 saturated heterocycles. The molecular formula is C14H17ClO5. The summed E-state index contributed by atoms with van der Waals surface area (Å²) in [6.07, 6.45) is -1.26. The number of carboxylic acid groups (broad SMARTS) is 1. The number of carbonyl (C=O) groups is 2. The highest BCUT2D eigenvalue weighted by atomic mass is 35.5. The van der Waals surface area contributed by atoms with Crippen molar-refractivity contribution in [1.29, 1.82) is 0 Å². The molecule has 2 unspecified atom stereocenters. The third-order valence-electron chi connectivity index (χ3n) is 2.93. The average Bonchev–Trinajstić information content (AvgIpc) is 2.36. The first-order chi connectivity index (χ1) is 9.34. The van der Waals surface area contributed by atoms with Gasteiger partial charge in [0.15, 0.2) is 5.41 Å². The molecule has 0 bridgehead atoms. The molecule has 0 saturated carbocycles. The molecule has 1 aromatic rings. The van der Waals surface area contributed by atoms with Crippen molar-refractivity contribution in [2.24, 2.45) is 0 Å². The zero-order valence-electron chi connectivity index (χ0n) is 11.3. The molecule has 0 aliphatic heterocycles. The van der Waals surface area contributed by atoms with E-state index in [1.54, 1.807) is 6.92 Å².